The Labute approximate surface area is 197 Å². The summed E-state index contributed by atoms with van der Waals surface area (Å²) < 4.78 is 20.1. The molecule has 2 aliphatic rings. The number of nitrogens with zero attached hydrogens (tertiary/aromatic N) is 3. The summed E-state index contributed by atoms with van der Waals surface area (Å²) in [5.74, 6) is 0.200. The predicted molar refractivity (Wildman–Crippen MR) is 123 cm³/mol. The number of ether oxygens (including phenoxy) is 1. The number of amides is 1. The number of aliphatic hydroxyl groups is 1. The average molecular weight is 475 g/mol. The molecule has 0 bridgehead atoms. The molecule has 3 N–H and O–H groups in total. The van der Waals surface area contributed by atoms with Gasteiger partial charge >= 0.3 is 0 Å². The lowest BCUT2D eigenvalue weighted by atomic mass is 9.88. The Bertz CT molecular complexity index is 1080. The smallest absolute Gasteiger partial charge is 0.258 e. The summed E-state index contributed by atoms with van der Waals surface area (Å²) in [7, 11) is 0. The highest BCUT2D eigenvalue weighted by Crippen LogP contribution is 2.32. The number of halogens is 2. The van der Waals surface area contributed by atoms with Gasteiger partial charge in [-0.2, -0.15) is 0 Å². The van der Waals surface area contributed by atoms with Crippen LogP contribution in [0.25, 0.3) is 5.57 Å². The molecule has 4 rings (SSSR count). The van der Waals surface area contributed by atoms with Crippen LogP contribution in [0.4, 0.5) is 4.39 Å². The molecule has 1 saturated carbocycles. The molecule has 176 valence electrons. The van der Waals surface area contributed by atoms with E-state index in [0.29, 0.717) is 39.1 Å². The highest BCUT2D eigenvalue weighted by molar-refractivity contribution is 6.31. The molecule has 9 heteroatoms. The van der Waals surface area contributed by atoms with E-state index in [1.54, 1.807) is 18.7 Å². The fraction of sp³-hybridized carbons (Fsp3) is 0.458. The van der Waals surface area contributed by atoms with Gasteiger partial charge in [0.05, 0.1) is 41.2 Å². The minimum atomic E-state index is -0.467. The molecule has 1 aliphatic carbocycles. The van der Waals surface area contributed by atoms with Crippen LogP contribution in [0.3, 0.4) is 0 Å². The molecule has 1 amide bonds. The van der Waals surface area contributed by atoms with E-state index in [0.717, 1.165) is 25.7 Å². The van der Waals surface area contributed by atoms with Gasteiger partial charge in [-0.1, -0.05) is 11.6 Å². The van der Waals surface area contributed by atoms with Crippen LogP contribution < -0.4 is 10.5 Å². The summed E-state index contributed by atoms with van der Waals surface area (Å²) in [6, 6.07) is 3.97. The van der Waals surface area contributed by atoms with Crippen molar-refractivity contribution >= 4 is 23.1 Å². The van der Waals surface area contributed by atoms with E-state index in [9.17, 15) is 14.3 Å². The van der Waals surface area contributed by atoms with Crippen LogP contribution in [-0.4, -0.2) is 51.7 Å². The SMILES string of the molecule is Cc1nc(C2=C(N)CN(C(=O)c3ccc(F)cc3OC3CCC(CO)CC3)C2)nc(C)c1Cl. The first-order valence-corrected chi connectivity index (χ1v) is 11.5. The lowest BCUT2D eigenvalue weighted by molar-refractivity contribution is 0.0778. The molecular weight excluding hydrogens is 447 g/mol. The van der Waals surface area contributed by atoms with Crippen LogP contribution in [0, 0.1) is 25.6 Å². The van der Waals surface area contributed by atoms with Gasteiger partial charge < -0.3 is 20.5 Å². The summed E-state index contributed by atoms with van der Waals surface area (Å²) in [4.78, 5) is 23.8. The number of carbonyl (C=O) groups excluding carboxylic acids is 1. The lowest BCUT2D eigenvalue weighted by Crippen LogP contribution is -2.31. The van der Waals surface area contributed by atoms with Gasteiger partial charge in [0.1, 0.15) is 11.6 Å². The highest BCUT2D eigenvalue weighted by Gasteiger charge is 2.31. The van der Waals surface area contributed by atoms with Crippen molar-refractivity contribution in [1.82, 2.24) is 14.9 Å². The molecule has 33 heavy (non-hydrogen) atoms. The minimum Gasteiger partial charge on any atom is -0.489 e. The fourth-order valence-electron chi connectivity index (χ4n) is 4.40. The lowest BCUT2D eigenvalue weighted by Gasteiger charge is -2.29. The summed E-state index contributed by atoms with van der Waals surface area (Å²) in [5.41, 5.74) is 9.03. The first kappa shape index (κ1) is 23.4. The zero-order chi connectivity index (χ0) is 23.7. The van der Waals surface area contributed by atoms with E-state index >= 15 is 0 Å². The fourth-order valence-corrected chi connectivity index (χ4v) is 4.48. The molecule has 2 heterocycles. The summed E-state index contributed by atoms with van der Waals surface area (Å²) in [5, 5.41) is 9.84. The number of carbonyl (C=O) groups is 1. The largest absolute Gasteiger partial charge is 0.489 e. The standard InChI is InChI=1S/C24H28ClFN4O3/c1-13-22(25)14(2)29-23(28-13)19-10-30(11-20(19)27)24(32)18-8-5-16(26)9-21(18)33-17-6-3-15(12-31)4-7-17/h5,8-9,15,17,31H,3-4,6-7,10-12,27H2,1-2H3. The number of hydrogen-bond acceptors (Lipinski definition) is 6. The molecule has 7 nitrogen and oxygen atoms in total. The Morgan fingerprint density at radius 3 is 2.52 bits per heavy atom. The molecule has 0 atom stereocenters. The van der Waals surface area contributed by atoms with E-state index in [-0.39, 0.29) is 43.4 Å². The Balaban J connectivity index is 1.52. The van der Waals surface area contributed by atoms with E-state index in [4.69, 9.17) is 22.1 Å². The molecule has 1 aliphatic heterocycles. The van der Waals surface area contributed by atoms with E-state index in [1.807, 2.05) is 0 Å². The Morgan fingerprint density at radius 1 is 1.21 bits per heavy atom. The number of nitrogens with two attached hydrogens (primary N) is 1. The molecule has 1 fully saturated rings. The number of aliphatic hydroxyl groups excluding tert-OH is 1. The Kier molecular flexibility index (Phi) is 6.86. The third kappa shape index (κ3) is 4.96. The van der Waals surface area contributed by atoms with Crippen molar-refractivity contribution in [2.75, 3.05) is 19.7 Å². The van der Waals surface area contributed by atoms with Crippen molar-refractivity contribution in [3.05, 3.63) is 57.5 Å². The van der Waals surface area contributed by atoms with Gasteiger partial charge in [0.15, 0.2) is 5.82 Å². The summed E-state index contributed by atoms with van der Waals surface area (Å²) in [6.45, 7) is 4.22. The molecule has 0 saturated heterocycles. The van der Waals surface area contributed by atoms with Crippen LogP contribution in [-0.2, 0) is 0 Å². The normalized spacial score (nSPS) is 20.9. The molecule has 0 unspecified atom stereocenters. The number of rotatable bonds is 5. The van der Waals surface area contributed by atoms with Crippen molar-refractivity contribution in [3.8, 4) is 5.75 Å². The van der Waals surface area contributed by atoms with Crippen molar-refractivity contribution < 1.29 is 19.0 Å². The van der Waals surface area contributed by atoms with Crippen LogP contribution in [0.2, 0.25) is 5.02 Å². The maximum Gasteiger partial charge on any atom is 0.258 e. The Morgan fingerprint density at radius 2 is 1.88 bits per heavy atom. The maximum atomic E-state index is 14.0. The number of benzene rings is 1. The summed E-state index contributed by atoms with van der Waals surface area (Å²) in [6.07, 6.45) is 3.08. The van der Waals surface area contributed by atoms with Crippen molar-refractivity contribution in [2.24, 2.45) is 11.7 Å². The van der Waals surface area contributed by atoms with Gasteiger partial charge in [-0.15, -0.1) is 0 Å². The molecule has 0 radical (unpaired) electrons. The van der Waals surface area contributed by atoms with E-state index in [1.165, 1.54) is 18.2 Å². The van der Waals surface area contributed by atoms with E-state index in [2.05, 4.69) is 9.97 Å². The average Bonchev–Trinajstić information content (AvgIpc) is 3.19. The third-order valence-electron chi connectivity index (χ3n) is 6.36. The first-order chi connectivity index (χ1) is 15.8. The van der Waals surface area contributed by atoms with Crippen LogP contribution in [0.1, 0.15) is 53.3 Å². The minimum absolute atomic E-state index is 0.119. The van der Waals surface area contributed by atoms with Gasteiger partial charge in [0.25, 0.3) is 5.91 Å². The predicted octanol–water partition coefficient (Wildman–Crippen LogP) is 3.64. The van der Waals surface area contributed by atoms with Crippen molar-refractivity contribution in [3.63, 3.8) is 0 Å². The molecule has 1 aromatic heterocycles. The second kappa shape index (κ2) is 9.65. The van der Waals surface area contributed by atoms with Gasteiger partial charge in [-0.25, -0.2) is 14.4 Å². The monoisotopic (exact) mass is 474 g/mol. The summed E-state index contributed by atoms with van der Waals surface area (Å²) >= 11 is 6.18. The zero-order valence-electron chi connectivity index (χ0n) is 18.8. The van der Waals surface area contributed by atoms with Crippen molar-refractivity contribution in [1.29, 1.82) is 0 Å². The Hall–Kier alpha value is -2.71. The van der Waals surface area contributed by atoms with Gasteiger partial charge in [-0.3, -0.25) is 4.79 Å². The first-order valence-electron chi connectivity index (χ1n) is 11.1. The molecular formula is C24H28ClFN4O3. The van der Waals surface area contributed by atoms with E-state index < -0.39 is 5.82 Å². The molecule has 0 spiro atoms. The zero-order valence-corrected chi connectivity index (χ0v) is 19.5. The van der Waals surface area contributed by atoms with Crippen LogP contribution in [0.15, 0.2) is 23.9 Å². The molecule has 1 aromatic carbocycles. The number of aromatic nitrogens is 2. The third-order valence-corrected chi connectivity index (χ3v) is 6.90. The van der Waals surface area contributed by atoms with Gasteiger partial charge in [0.2, 0.25) is 0 Å². The number of aryl methyl sites for hydroxylation is 2. The van der Waals surface area contributed by atoms with Gasteiger partial charge in [0, 0.05) is 23.9 Å². The van der Waals surface area contributed by atoms with Crippen LogP contribution >= 0.6 is 11.6 Å². The highest BCUT2D eigenvalue weighted by atomic mass is 35.5. The maximum absolute atomic E-state index is 14.0. The van der Waals surface area contributed by atoms with Crippen LogP contribution in [0.5, 0.6) is 5.75 Å². The number of hydrogen-bond donors (Lipinski definition) is 2. The topological polar surface area (TPSA) is 102 Å². The van der Waals surface area contributed by atoms with Gasteiger partial charge in [-0.05, 0) is 57.6 Å². The second-order valence-electron chi connectivity index (χ2n) is 8.78. The molecule has 2 aromatic rings. The second-order valence-corrected chi connectivity index (χ2v) is 9.16. The van der Waals surface area contributed by atoms with Crippen molar-refractivity contribution in [2.45, 2.75) is 45.6 Å². The quantitative estimate of drug-likeness (QED) is 0.686.